The molecule has 2 heterocycles. The molecule has 3 rings (SSSR count). The summed E-state index contributed by atoms with van der Waals surface area (Å²) in [5, 5.41) is 8.03. The first-order valence-electron chi connectivity index (χ1n) is 8.66. The number of aromatic nitrogens is 1. The van der Waals surface area contributed by atoms with E-state index in [0.29, 0.717) is 21.6 Å². The Hall–Kier alpha value is -3.46. The maximum atomic E-state index is 12.3. The van der Waals surface area contributed by atoms with Crippen molar-refractivity contribution in [2.24, 2.45) is 0 Å². The van der Waals surface area contributed by atoms with Gasteiger partial charge in [0.25, 0.3) is 11.8 Å². The minimum Gasteiger partial charge on any atom is -0.444 e. The van der Waals surface area contributed by atoms with E-state index in [2.05, 4.69) is 36.9 Å². The summed E-state index contributed by atoms with van der Waals surface area (Å²) in [4.78, 5) is 40.2. The summed E-state index contributed by atoms with van der Waals surface area (Å²) < 4.78 is 5.64. The SMILES string of the molecule is O=C(CCNC(=O)c1cccc(NC(=O)c2ccc(Br)o2)c1)Nc1cccnc1. The van der Waals surface area contributed by atoms with E-state index in [1.807, 2.05) is 0 Å². The Balaban J connectivity index is 1.50. The molecular weight excluding hydrogens is 440 g/mol. The Bertz CT molecular complexity index is 1020. The highest BCUT2D eigenvalue weighted by atomic mass is 79.9. The van der Waals surface area contributed by atoms with Crippen molar-refractivity contribution in [2.75, 3.05) is 17.2 Å². The molecule has 0 spiro atoms. The van der Waals surface area contributed by atoms with E-state index in [1.165, 1.54) is 12.3 Å². The highest BCUT2D eigenvalue weighted by Gasteiger charge is 2.12. The van der Waals surface area contributed by atoms with E-state index in [9.17, 15) is 14.4 Å². The first kappa shape index (κ1) is 20.3. The molecule has 0 fully saturated rings. The molecule has 3 amide bonds. The zero-order valence-electron chi connectivity index (χ0n) is 15.1. The van der Waals surface area contributed by atoms with Gasteiger partial charge in [-0.15, -0.1) is 0 Å². The van der Waals surface area contributed by atoms with Crippen LogP contribution in [0.5, 0.6) is 0 Å². The fourth-order valence-electron chi connectivity index (χ4n) is 2.42. The standard InChI is InChI=1S/C20H17BrN4O4/c21-17-7-6-16(29-17)20(28)25-14-4-1-3-13(11-14)19(27)23-10-8-18(26)24-15-5-2-9-22-12-15/h1-7,9,11-12H,8,10H2,(H,23,27)(H,24,26)(H,25,28). The Morgan fingerprint density at radius 2 is 1.79 bits per heavy atom. The first-order chi connectivity index (χ1) is 14.0. The minimum absolute atomic E-state index is 0.116. The largest absolute Gasteiger partial charge is 0.444 e. The average molecular weight is 457 g/mol. The lowest BCUT2D eigenvalue weighted by Gasteiger charge is -2.08. The molecule has 2 aromatic heterocycles. The predicted octanol–water partition coefficient (Wildman–Crippen LogP) is 3.45. The van der Waals surface area contributed by atoms with Crippen LogP contribution in [0.25, 0.3) is 0 Å². The van der Waals surface area contributed by atoms with Crippen LogP contribution in [-0.2, 0) is 4.79 Å². The normalized spacial score (nSPS) is 10.2. The van der Waals surface area contributed by atoms with Crippen molar-refractivity contribution < 1.29 is 18.8 Å². The van der Waals surface area contributed by atoms with Gasteiger partial charge >= 0.3 is 0 Å². The number of hydrogen-bond acceptors (Lipinski definition) is 5. The molecule has 8 nitrogen and oxygen atoms in total. The maximum absolute atomic E-state index is 12.3. The van der Waals surface area contributed by atoms with E-state index < -0.39 is 5.91 Å². The third-order valence-corrected chi connectivity index (χ3v) is 4.19. The molecule has 148 valence electrons. The number of rotatable bonds is 7. The number of carbonyl (C=O) groups excluding carboxylic acids is 3. The summed E-state index contributed by atoms with van der Waals surface area (Å²) in [6, 6.07) is 13.1. The molecule has 0 saturated heterocycles. The molecule has 29 heavy (non-hydrogen) atoms. The van der Waals surface area contributed by atoms with Crippen LogP contribution >= 0.6 is 15.9 Å². The van der Waals surface area contributed by atoms with E-state index in [1.54, 1.807) is 48.7 Å². The quantitative estimate of drug-likeness (QED) is 0.503. The zero-order chi connectivity index (χ0) is 20.6. The van der Waals surface area contributed by atoms with Crippen molar-refractivity contribution in [1.29, 1.82) is 0 Å². The summed E-state index contributed by atoms with van der Waals surface area (Å²) in [5.74, 6) is -0.869. The van der Waals surface area contributed by atoms with Gasteiger partial charge < -0.3 is 20.4 Å². The second-order valence-corrected chi connectivity index (χ2v) is 6.72. The Morgan fingerprint density at radius 1 is 0.966 bits per heavy atom. The van der Waals surface area contributed by atoms with Crippen LogP contribution in [0.1, 0.15) is 27.3 Å². The van der Waals surface area contributed by atoms with Crippen molar-refractivity contribution in [1.82, 2.24) is 10.3 Å². The maximum Gasteiger partial charge on any atom is 0.291 e. The third kappa shape index (κ3) is 6.01. The fraction of sp³-hybridized carbons (Fsp3) is 0.100. The van der Waals surface area contributed by atoms with E-state index >= 15 is 0 Å². The first-order valence-corrected chi connectivity index (χ1v) is 9.45. The molecule has 0 atom stereocenters. The number of pyridine rings is 1. The number of nitrogens with zero attached hydrogens (tertiary/aromatic N) is 1. The second kappa shape index (κ2) is 9.65. The Labute approximate surface area is 174 Å². The number of furan rings is 1. The molecule has 0 aliphatic rings. The fourth-order valence-corrected chi connectivity index (χ4v) is 2.73. The molecule has 0 unspecified atom stereocenters. The lowest BCUT2D eigenvalue weighted by Crippen LogP contribution is -2.27. The van der Waals surface area contributed by atoms with Gasteiger partial charge in [-0.25, -0.2) is 0 Å². The number of anilines is 2. The monoisotopic (exact) mass is 456 g/mol. The highest BCUT2D eigenvalue weighted by molar-refractivity contribution is 9.10. The number of amides is 3. The molecule has 3 N–H and O–H groups in total. The van der Waals surface area contributed by atoms with Gasteiger partial charge in [-0.3, -0.25) is 19.4 Å². The molecule has 0 saturated carbocycles. The average Bonchev–Trinajstić information content (AvgIpc) is 3.15. The molecule has 0 aliphatic carbocycles. The van der Waals surface area contributed by atoms with Crippen LogP contribution < -0.4 is 16.0 Å². The van der Waals surface area contributed by atoms with Gasteiger partial charge in [0, 0.05) is 30.4 Å². The van der Waals surface area contributed by atoms with Gasteiger partial charge in [0.05, 0.1) is 11.9 Å². The highest BCUT2D eigenvalue weighted by Crippen LogP contribution is 2.17. The smallest absolute Gasteiger partial charge is 0.291 e. The van der Waals surface area contributed by atoms with Crippen LogP contribution in [0.3, 0.4) is 0 Å². The minimum atomic E-state index is -0.430. The van der Waals surface area contributed by atoms with Crippen molar-refractivity contribution in [3.05, 3.63) is 76.9 Å². The van der Waals surface area contributed by atoms with Crippen molar-refractivity contribution in [2.45, 2.75) is 6.42 Å². The summed E-state index contributed by atoms with van der Waals surface area (Å²) in [6.07, 6.45) is 3.27. The van der Waals surface area contributed by atoms with Gasteiger partial charge in [-0.2, -0.15) is 0 Å². The zero-order valence-corrected chi connectivity index (χ0v) is 16.7. The summed E-state index contributed by atoms with van der Waals surface area (Å²) in [6.45, 7) is 0.169. The van der Waals surface area contributed by atoms with Crippen molar-refractivity contribution in [3.63, 3.8) is 0 Å². The van der Waals surface area contributed by atoms with Crippen LogP contribution in [0.2, 0.25) is 0 Å². The number of benzene rings is 1. The number of hydrogen-bond donors (Lipinski definition) is 3. The lowest BCUT2D eigenvalue weighted by molar-refractivity contribution is -0.116. The summed E-state index contributed by atoms with van der Waals surface area (Å²) in [5.41, 5.74) is 1.40. The Morgan fingerprint density at radius 3 is 2.52 bits per heavy atom. The van der Waals surface area contributed by atoms with E-state index in [0.717, 1.165) is 0 Å². The van der Waals surface area contributed by atoms with Gasteiger partial charge in [-0.05, 0) is 58.4 Å². The molecular formula is C20H17BrN4O4. The van der Waals surface area contributed by atoms with Crippen LogP contribution in [0.4, 0.5) is 11.4 Å². The number of carbonyl (C=O) groups is 3. The van der Waals surface area contributed by atoms with E-state index in [4.69, 9.17) is 4.42 Å². The lowest BCUT2D eigenvalue weighted by atomic mass is 10.2. The Kier molecular flexibility index (Phi) is 6.75. The van der Waals surface area contributed by atoms with Crippen molar-refractivity contribution >= 4 is 45.0 Å². The molecule has 9 heteroatoms. The van der Waals surface area contributed by atoms with Crippen LogP contribution in [0, 0.1) is 0 Å². The van der Waals surface area contributed by atoms with Gasteiger partial charge in [0.2, 0.25) is 5.91 Å². The molecule has 3 aromatic rings. The van der Waals surface area contributed by atoms with E-state index in [-0.39, 0.29) is 30.5 Å². The number of nitrogens with one attached hydrogen (secondary N) is 3. The topological polar surface area (TPSA) is 113 Å². The van der Waals surface area contributed by atoms with Gasteiger partial charge in [0.15, 0.2) is 10.4 Å². The second-order valence-electron chi connectivity index (χ2n) is 5.93. The van der Waals surface area contributed by atoms with Gasteiger partial charge in [0.1, 0.15) is 0 Å². The third-order valence-electron chi connectivity index (χ3n) is 3.76. The van der Waals surface area contributed by atoms with Crippen molar-refractivity contribution in [3.8, 4) is 0 Å². The van der Waals surface area contributed by atoms with Gasteiger partial charge in [-0.1, -0.05) is 6.07 Å². The molecule has 0 bridgehead atoms. The summed E-state index contributed by atoms with van der Waals surface area (Å²) >= 11 is 3.14. The van der Waals surface area contributed by atoms with Crippen LogP contribution in [-0.4, -0.2) is 29.3 Å². The summed E-state index contributed by atoms with van der Waals surface area (Å²) in [7, 11) is 0. The predicted molar refractivity (Wildman–Crippen MR) is 111 cm³/mol. The van der Waals surface area contributed by atoms with Crippen LogP contribution in [0.15, 0.2) is 70.0 Å². The molecule has 1 aromatic carbocycles. The number of halogens is 1. The molecule has 0 aliphatic heterocycles. The molecule has 0 radical (unpaired) electrons.